The molecule has 0 saturated carbocycles. The highest BCUT2D eigenvalue weighted by Crippen LogP contribution is 2.36. The van der Waals surface area contributed by atoms with Crippen molar-refractivity contribution >= 4 is 46.3 Å². The standard InChI is InChI=1S/C21H24ClN5O2S/c1-2-12-26-20(29)19-16(10-13-30-19)27-17(24-25-21(26)27)7-8-18(28)23-11-9-14-3-5-15(22)6-4-14/h3-6,10,13,21,25H,2,7-9,11-12H2,1H3,(H,23,28). The molecule has 0 saturated heterocycles. The Morgan fingerprint density at radius 1 is 1.27 bits per heavy atom. The summed E-state index contributed by atoms with van der Waals surface area (Å²) >= 11 is 7.34. The number of fused-ring (bicyclic) bond motifs is 3. The topological polar surface area (TPSA) is 77.0 Å². The maximum absolute atomic E-state index is 12.8. The lowest BCUT2D eigenvalue weighted by atomic mass is 10.1. The van der Waals surface area contributed by atoms with E-state index in [9.17, 15) is 9.59 Å². The molecular weight excluding hydrogens is 422 g/mol. The van der Waals surface area contributed by atoms with Crippen LogP contribution in [0, 0.1) is 0 Å². The molecule has 1 atom stereocenters. The Hall–Kier alpha value is -2.58. The molecule has 0 bridgehead atoms. The second-order valence-corrected chi connectivity index (χ2v) is 8.61. The summed E-state index contributed by atoms with van der Waals surface area (Å²) in [6.07, 6.45) is 2.14. The van der Waals surface area contributed by atoms with Gasteiger partial charge in [-0.25, -0.2) is 0 Å². The smallest absolute Gasteiger partial charge is 0.269 e. The molecule has 1 unspecified atom stereocenters. The van der Waals surface area contributed by atoms with E-state index in [0.717, 1.165) is 34.8 Å². The number of hydrogen-bond donors (Lipinski definition) is 2. The molecule has 4 rings (SSSR count). The van der Waals surface area contributed by atoms with Crippen LogP contribution in [0.3, 0.4) is 0 Å². The average molecular weight is 446 g/mol. The highest BCUT2D eigenvalue weighted by Gasteiger charge is 2.43. The minimum absolute atomic E-state index is 0.0147. The van der Waals surface area contributed by atoms with Crippen molar-refractivity contribution in [3.05, 3.63) is 51.2 Å². The number of amides is 2. The van der Waals surface area contributed by atoms with Crippen LogP contribution in [0.4, 0.5) is 5.69 Å². The van der Waals surface area contributed by atoms with Crippen LogP contribution in [-0.2, 0) is 11.2 Å². The van der Waals surface area contributed by atoms with Gasteiger partial charge in [0.25, 0.3) is 5.91 Å². The predicted octanol–water partition coefficient (Wildman–Crippen LogP) is 3.41. The zero-order chi connectivity index (χ0) is 21.1. The monoisotopic (exact) mass is 445 g/mol. The molecule has 2 N–H and O–H groups in total. The van der Waals surface area contributed by atoms with E-state index in [0.29, 0.717) is 31.0 Å². The SMILES string of the molecule is CCCN1C(=O)c2sccc2N2C(CCC(=O)NCCc3ccc(Cl)cc3)=NNC12. The Balaban J connectivity index is 1.33. The third-order valence-electron chi connectivity index (χ3n) is 5.18. The van der Waals surface area contributed by atoms with Crippen molar-refractivity contribution in [1.82, 2.24) is 15.6 Å². The number of thiophene rings is 1. The molecule has 0 aliphatic carbocycles. The molecule has 3 heterocycles. The van der Waals surface area contributed by atoms with Crippen molar-refractivity contribution in [2.45, 2.75) is 38.9 Å². The summed E-state index contributed by atoms with van der Waals surface area (Å²) in [6, 6.07) is 9.58. The first-order chi connectivity index (χ1) is 14.6. The summed E-state index contributed by atoms with van der Waals surface area (Å²) in [7, 11) is 0. The molecule has 7 nitrogen and oxygen atoms in total. The van der Waals surface area contributed by atoms with Gasteiger partial charge in [0.2, 0.25) is 12.2 Å². The van der Waals surface area contributed by atoms with E-state index >= 15 is 0 Å². The molecule has 2 aliphatic heterocycles. The quantitative estimate of drug-likeness (QED) is 0.652. The van der Waals surface area contributed by atoms with Gasteiger partial charge < -0.3 is 5.32 Å². The van der Waals surface area contributed by atoms with Gasteiger partial charge in [0, 0.05) is 31.0 Å². The highest BCUT2D eigenvalue weighted by molar-refractivity contribution is 7.12. The van der Waals surface area contributed by atoms with E-state index in [2.05, 4.69) is 15.8 Å². The Labute approximate surface area is 184 Å². The summed E-state index contributed by atoms with van der Waals surface area (Å²) in [5.74, 6) is 0.798. The first-order valence-electron chi connectivity index (χ1n) is 10.1. The zero-order valence-corrected chi connectivity index (χ0v) is 18.3. The largest absolute Gasteiger partial charge is 0.356 e. The van der Waals surface area contributed by atoms with E-state index in [1.807, 2.05) is 52.4 Å². The maximum atomic E-state index is 12.8. The zero-order valence-electron chi connectivity index (χ0n) is 16.7. The van der Waals surface area contributed by atoms with Gasteiger partial charge in [-0.3, -0.25) is 24.8 Å². The summed E-state index contributed by atoms with van der Waals surface area (Å²) in [5.41, 5.74) is 5.08. The summed E-state index contributed by atoms with van der Waals surface area (Å²) < 4.78 is 0. The van der Waals surface area contributed by atoms with Crippen LogP contribution in [0.25, 0.3) is 0 Å². The van der Waals surface area contributed by atoms with E-state index in [-0.39, 0.29) is 18.1 Å². The van der Waals surface area contributed by atoms with Gasteiger partial charge in [-0.05, 0) is 42.0 Å². The van der Waals surface area contributed by atoms with E-state index < -0.39 is 0 Å². The lowest BCUT2D eigenvalue weighted by molar-refractivity contribution is -0.120. The van der Waals surface area contributed by atoms with Crippen molar-refractivity contribution in [2.75, 3.05) is 18.0 Å². The first-order valence-corrected chi connectivity index (χ1v) is 11.3. The average Bonchev–Trinajstić information content (AvgIpc) is 3.38. The molecule has 1 aromatic heterocycles. The molecule has 0 radical (unpaired) electrons. The molecule has 0 spiro atoms. The molecule has 2 aliphatic rings. The number of rotatable bonds is 8. The minimum atomic E-state index is -0.317. The number of anilines is 1. The van der Waals surface area contributed by atoms with Crippen LogP contribution < -0.4 is 15.6 Å². The molecule has 0 fully saturated rings. The fourth-order valence-corrected chi connectivity index (χ4v) is 4.67. The van der Waals surface area contributed by atoms with Crippen LogP contribution in [0.2, 0.25) is 5.02 Å². The van der Waals surface area contributed by atoms with Crippen LogP contribution in [0.5, 0.6) is 0 Å². The number of nitrogens with one attached hydrogen (secondary N) is 2. The van der Waals surface area contributed by atoms with Crippen LogP contribution >= 0.6 is 22.9 Å². The molecule has 2 aromatic rings. The minimum Gasteiger partial charge on any atom is -0.356 e. The highest BCUT2D eigenvalue weighted by atomic mass is 35.5. The number of carbonyl (C=O) groups excluding carboxylic acids is 2. The van der Waals surface area contributed by atoms with Crippen molar-refractivity contribution in [1.29, 1.82) is 0 Å². The fraction of sp³-hybridized carbons (Fsp3) is 0.381. The van der Waals surface area contributed by atoms with E-state index in [1.54, 1.807) is 0 Å². The molecule has 9 heteroatoms. The van der Waals surface area contributed by atoms with Crippen LogP contribution in [0.15, 0.2) is 40.8 Å². The normalized spacial score (nSPS) is 17.3. The predicted molar refractivity (Wildman–Crippen MR) is 120 cm³/mol. The number of carbonyl (C=O) groups is 2. The number of hydrogen-bond acceptors (Lipinski definition) is 6. The van der Waals surface area contributed by atoms with E-state index in [4.69, 9.17) is 11.6 Å². The first kappa shape index (κ1) is 20.7. The van der Waals surface area contributed by atoms with Gasteiger partial charge in [0.15, 0.2) is 0 Å². The van der Waals surface area contributed by atoms with Gasteiger partial charge >= 0.3 is 0 Å². The van der Waals surface area contributed by atoms with Gasteiger partial charge in [-0.1, -0.05) is 30.7 Å². The number of hydrazone groups is 1. The maximum Gasteiger partial charge on any atom is 0.269 e. The lowest BCUT2D eigenvalue weighted by Crippen LogP contribution is -2.58. The number of benzene rings is 1. The third kappa shape index (κ3) is 4.15. The Morgan fingerprint density at radius 2 is 2.07 bits per heavy atom. The molecule has 30 heavy (non-hydrogen) atoms. The Bertz CT molecular complexity index is 959. The number of halogens is 1. The van der Waals surface area contributed by atoms with Crippen LogP contribution in [-0.4, -0.2) is 41.9 Å². The van der Waals surface area contributed by atoms with Crippen molar-refractivity contribution < 1.29 is 9.59 Å². The van der Waals surface area contributed by atoms with Crippen molar-refractivity contribution in [3.8, 4) is 0 Å². The van der Waals surface area contributed by atoms with Gasteiger partial charge in [0.1, 0.15) is 10.7 Å². The second-order valence-electron chi connectivity index (χ2n) is 7.26. The van der Waals surface area contributed by atoms with Crippen LogP contribution in [0.1, 0.15) is 41.4 Å². The third-order valence-corrected chi connectivity index (χ3v) is 6.32. The van der Waals surface area contributed by atoms with E-state index in [1.165, 1.54) is 11.3 Å². The fourth-order valence-electron chi connectivity index (χ4n) is 3.71. The number of amidine groups is 1. The summed E-state index contributed by atoms with van der Waals surface area (Å²) in [5, 5.41) is 10.0. The molecule has 2 amide bonds. The van der Waals surface area contributed by atoms with Gasteiger partial charge in [-0.2, -0.15) is 5.10 Å². The molecule has 158 valence electrons. The van der Waals surface area contributed by atoms with Gasteiger partial charge in [-0.15, -0.1) is 11.3 Å². The lowest BCUT2D eigenvalue weighted by Gasteiger charge is -2.39. The molecular formula is C21H24ClN5O2S. The number of nitrogens with zero attached hydrogens (tertiary/aromatic N) is 3. The Morgan fingerprint density at radius 3 is 2.83 bits per heavy atom. The van der Waals surface area contributed by atoms with Crippen molar-refractivity contribution in [2.24, 2.45) is 5.10 Å². The molecule has 1 aromatic carbocycles. The summed E-state index contributed by atoms with van der Waals surface area (Å²) in [6.45, 7) is 3.27. The summed E-state index contributed by atoms with van der Waals surface area (Å²) in [4.78, 5) is 29.7. The van der Waals surface area contributed by atoms with Crippen molar-refractivity contribution in [3.63, 3.8) is 0 Å². The Kier molecular flexibility index (Phi) is 6.24. The second kappa shape index (κ2) is 9.06. The van der Waals surface area contributed by atoms with Gasteiger partial charge in [0.05, 0.1) is 5.69 Å².